The van der Waals surface area contributed by atoms with Crippen LogP contribution in [0.5, 0.6) is 0 Å². The van der Waals surface area contributed by atoms with Crippen LogP contribution in [-0.4, -0.2) is 39.1 Å². The molecule has 0 bridgehead atoms. The molecule has 3 aromatic rings. The van der Waals surface area contributed by atoms with Gasteiger partial charge < -0.3 is 9.32 Å². The summed E-state index contributed by atoms with van der Waals surface area (Å²) in [5.41, 5.74) is 1.04. The van der Waals surface area contributed by atoms with E-state index in [-0.39, 0.29) is 24.1 Å². The van der Waals surface area contributed by atoms with Gasteiger partial charge in [-0.05, 0) is 36.6 Å². The van der Waals surface area contributed by atoms with E-state index in [0.29, 0.717) is 36.1 Å². The minimum absolute atomic E-state index is 0.0201. The molecule has 1 atom stereocenters. The Hall–Kier alpha value is -3.09. The molecule has 1 aromatic carbocycles. The first kappa shape index (κ1) is 17.3. The van der Waals surface area contributed by atoms with Gasteiger partial charge in [-0.25, -0.2) is 4.39 Å². The van der Waals surface area contributed by atoms with Crippen LogP contribution in [0.2, 0.25) is 0 Å². The predicted molar refractivity (Wildman–Crippen MR) is 96.2 cm³/mol. The first-order valence-electron chi connectivity index (χ1n) is 8.96. The molecule has 1 saturated heterocycles. The lowest BCUT2D eigenvalue weighted by atomic mass is 9.97. The van der Waals surface area contributed by atoms with Gasteiger partial charge in [0, 0.05) is 19.3 Å². The zero-order valence-corrected chi connectivity index (χ0v) is 14.7. The molecule has 138 valence electrons. The summed E-state index contributed by atoms with van der Waals surface area (Å²) >= 11 is 0. The SMILES string of the molecule is O=C(Cc1ccccc1F)N1CCC[C@@H](c2nnc(-c3ccccn3)o2)C1. The van der Waals surface area contributed by atoms with Gasteiger partial charge in [-0.3, -0.25) is 9.78 Å². The average molecular weight is 366 g/mol. The molecular formula is C20H19FN4O2. The summed E-state index contributed by atoms with van der Waals surface area (Å²) in [6.45, 7) is 1.15. The Balaban J connectivity index is 1.45. The van der Waals surface area contributed by atoms with Crippen molar-refractivity contribution in [1.82, 2.24) is 20.1 Å². The second kappa shape index (κ2) is 7.65. The second-order valence-electron chi connectivity index (χ2n) is 6.61. The van der Waals surface area contributed by atoms with E-state index in [2.05, 4.69) is 15.2 Å². The standard InChI is InChI=1S/C20H19FN4O2/c21-16-8-2-1-6-14(16)12-18(26)25-11-5-7-15(13-25)19-23-24-20(27-19)17-9-3-4-10-22-17/h1-4,6,8-10,15H,5,7,11-13H2/t15-/m1/s1. The van der Waals surface area contributed by atoms with E-state index in [4.69, 9.17) is 4.42 Å². The number of carbonyl (C=O) groups is 1. The van der Waals surface area contributed by atoms with Crippen molar-refractivity contribution in [3.8, 4) is 11.6 Å². The maximum absolute atomic E-state index is 13.8. The lowest BCUT2D eigenvalue weighted by Gasteiger charge is -2.31. The Morgan fingerprint density at radius 3 is 2.85 bits per heavy atom. The van der Waals surface area contributed by atoms with Crippen LogP contribution in [-0.2, 0) is 11.2 Å². The topological polar surface area (TPSA) is 72.1 Å². The lowest BCUT2D eigenvalue weighted by molar-refractivity contribution is -0.131. The number of aromatic nitrogens is 3. The molecule has 1 amide bonds. The van der Waals surface area contributed by atoms with Crippen LogP contribution in [0, 0.1) is 5.82 Å². The summed E-state index contributed by atoms with van der Waals surface area (Å²) in [5.74, 6) is 0.429. The maximum Gasteiger partial charge on any atom is 0.266 e. The molecule has 3 heterocycles. The summed E-state index contributed by atoms with van der Waals surface area (Å²) in [5, 5.41) is 8.23. The third-order valence-electron chi connectivity index (χ3n) is 4.75. The molecule has 1 fully saturated rings. The van der Waals surface area contributed by atoms with Crippen molar-refractivity contribution in [2.24, 2.45) is 0 Å². The van der Waals surface area contributed by atoms with Crippen molar-refractivity contribution < 1.29 is 13.6 Å². The van der Waals surface area contributed by atoms with Gasteiger partial charge in [0.2, 0.25) is 11.8 Å². The molecule has 0 radical (unpaired) electrons. The van der Waals surface area contributed by atoms with E-state index in [1.54, 1.807) is 29.3 Å². The van der Waals surface area contributed by atoms with Gasteiger partial charge in [-0.2, -0.15) is 0 Å². The highest BCUT2D eigenvalue weighted by molar-refractivity contribution is 5.79. The smallest absolute Gasteiger partial charge is 0.266 e. The van der Waals surface area contributed by atoms with Crippen LogP contribution in [0.4, 0.5) is 4.39 Å². The summed E-state index contributed by atoms with van der Waals surface area (Å²) in [4.78, 5) is 18.6. The van der Waals surface area contributed by atoms with E-state index in [9.17, 15) is 9.18 Å². The Bertz CT molecular complexity index is 928. The van der Waals surface area contributed by atoms with Crippen LogP contribution in [0.15, 0.2) is 53.1 Å². The summed E-state index contributed by atoms with van der Waals surface area (Å²) in [6, 6.07) is 11.9. The molecule has 0 saturated carbocycles. The van der Waals surface area contributed by atoms with Crippen molar-refractivity contribution in [1.29, 1.82) is 0 Å². The first-order valence-corrected chi connectivity index (χ1v) is 8.96. The van der Waals surface area contributed by atoms with Crippen molar-refractivity contribution in [2.75, 3.05) is 13.1 Å². The quantitative estimate of drug-likeness (QED) is 0.709. The van der Waals surface area contributed by atoms with Crippen molar-refractivity contribution in [3.63, 3.8) is 0 Å². The number of pyridine rings is 1. The summed E-state index contributed by atoms with van der Waals surface area (Å²) in [7, 11) is 0. The molecule has 4 rings (SSSR count). The van der Waals surface area contributed by atoms with Crippen LogP contribution in [0.3, 0.4) is 0 Å². The largest absolute Gasteiger partial charge is 0.419 e. The highest BCUT2D eigenvalue weighted by Gasteiger charge is 2.29. The van der Waals surface area contributed by atoms with Crippen molar-refractivity contribution >= 4 is 5.91 Å². The summed E-state index contributed by atoms with van der Waals surface area (Å²) in [6.07, 6.45) is 3.44. The number of hydrogen-bond acceptors (Lipinski definition) is 5. The fraction of sp³-hybridized carbons (Fsp3) is 0.300. The molecule has 6 nitrogen and oxygen atoms in total. The minimum Gasteiger partial charge on any atom is -0.419 e. The number of hydrogen-bond donors (Lipinski definition) is 0. The fourth-order valence-corrected chi connectivity index (χ4v) is 3.31. The Labute approximate surface area is 156 Å². The van der Waals surface area contributed by atoms with E-state index < -0.39 is 0 Å². The molecule has 7 heteroatoms. The Kier molecular flexibility index (Phi) is 4.91. The molecule has 27 heavy (non-hydrogen) atoms. The molecular weight excluding hydrogens is 347 g/mol. The van der Waals surface area contributed by atoms with Gasteiger partial charge in [0.1, 0.15) is 11.5 Å². The van der Waals surface area contributed by atoms with E-state index in [0.717, 1.165) is 12.8 Å². The third-order valence-corrected chi connectivity index (χ3v) is 4.75. The second-order valence-corrected chi connectivity index (χ2v) is 6.61. The zero-order chi connectivity index (χ0) is 18.6. The molecule has 0 spiro atoms. The number of amides is 1. The molecule has 0 unspecified atom stereocenters. The van der Waals surface area contributed by atoms with Gasteiger partial charge in [0.05, 0.1) is 12.3 Å². The normalized spacial score (nSPS) is 17.1. The van der Waals surface area contributed by atoms with Crippen LogP contribution < -0.4 is 0 Å². The van der Waals surface area contributed by atoms with Crippen molar-refractivity contribution in [2.45, 2.75) is 25.2 Å². The lowest BCUT2D eigenvalue weighted by Crippen LogP contribution is -2.40. The third kappa shape index (κ3) is 3.86. The average Bonchev–Trinajstić information content (AvgIpc) is 3.21. The predicted octanol–water partition coefficient (Wildman–Crippen LogP) is 3.22. The van der Waals surface area contributed by atoms with Gasteiger partial charge in [0.25, 0.3) is 5.89 Å². The molecule has 1 aliphatic heterocycles. The van der Waals surface area contributed by atoms with Gasteiger partial charge in [-0.15, -0.1) is 10.2 Å². The zero-order valence-electron chi connectivity index (χ0n) is 14.7. The van der Waals surface area contributed by atoms with Gasteiger partial charge in [0.15, 0.2) is 0 Å². The van der Waals surface area contributed by atoms with E-state index in [1.165, 1.54) is 6.07 Å². The Morgan fingerprint density at radius 1 is 1.19 bits per heavy atom. The highest BCUT2D eigenvalue weighted by Crippen LogP contribution is 2.28. The number of carbonyl (C=O) groups excluding carboxylic acids is 1. The monoisotopic (exact) mass is 366 g/mol. The van der Waals surface area contributed by atoms with Gasteiger partial charge in [-0.1, -0.05) is 24.3 Å². The molecule has 1 aliphatic rings. The number of rotatable bonds is 4. The first-order chi connectivity index (χ1) is 13.2. The summed E-state index contributed by atoms with van der Waals surface area (Å²) < 4.78 is 19.6. The van der Waals surface area contributed by atoms with Crippen LogP contribution >= 0.6 is 0 Å². The maximum atomic E-state index is 13.8. The Morgan fingerprint density at radius 2 is 2.04 bits per heavy atom. The van der Waals surface area contributed by atoms with Gasteiger partial charge >= 0.3 is 0 Å². The molecule has 0 aliphatic carbocycles. The minimum atomic E-state index is -0.351. The van der Waals surface area contributed by atoms with Crippen LogP contribution in [0.25, 0.3) is 11.6 Å². The number of piperidine rings is 1. The molecule has 0 N–H and O–H groups in total. The number of nitrogens with zero attached hydrogens (tertiary/aromatic N) is 4. The number of benzene rings is 1. The number of likely N-dealkylation sites (tertiary alicyclic amines) is 1. The van der Waals surface area contributed by atoms with Crippen molar-refractivity contribution in [3.05, 3.63) is 65.9 Å². The molecule has 2 aromatic heterocycles. The van der Waals surface area contributed by atoms with E-state index in [1.807, 2.05) is 18.2 Å². The van der Waals surface area contributed by atoms with Crippen LogP contribution in [0.1, 0.15) is 30.2 Å². The highest BCUT2D eigenvalue weighted by atomic mass is 19.1. The van der Waals surface area contributed by atoms with E-state index >= 15 is 0 Å². The number of halogens is 1. The fourth-order valence-electron chi connectivity index (χ4n) is 3.31.